The highest BCUT2D eigenvalue weighted by Crippen LogP contribution is 2.27. The highest BCUT2D eigenvalue weighted by molar-refractivity contribution is 5.79. The minimum Gasteiger partial charge on any atom is -0.494 e. The highest BCUT2D eigenvalue weighted by Gasteiger charge is 2.27. The molecule has 8 heteroatoms. The Morgan fingerprint density at radius 2 is 2.21 bits per heavy atom. The lowest BCUT2D eigenvalue weighted by Crippen LogP contribution is -2.36. The first kappa shape index (κ1) is 17.9. The Balaban J connectivity index is 1.35. The number of anilines is 1. The van der Waals surface area contributed by atoms with Gasteiger partial charge in [0.25, 0.3) is 0 Å². The largest absolute Gasteiger partial charge is 0.494 e. The standard InChI is InChI=1S/C21H22FN5O2/c1-29-18-5-2-13(10-16(18)22)11-20(28)26-8-6-17-15(12-26)21-24-19(23-14-3-4-14)7-9-27(21)25-17/h2,5,7,9-10,14H,3-4,6,8,11-12H2,1H3,(H,23,24). The molecule has 0 spiro atoms. The van der Waals surface area contributed by atoms with Crippen molar-refractivity contribution in [2.75, 3.05) is 19.0 Å². The molecule has 1 fully saturated rings. The summed E-state index contributed by atoms with van der Waals surface area (Å²) in [6, 6.07) is 7.09. The Bertz CT molecular complexity index is 1090. The number of nitrogens with zero attached hydrogens (tertiary/aromatic N) is 4. The number of fused-ring (bicyclic) bond motifs is 3. The van der Waals surface area contributed by atoms with Crippen LogP contribution >= 0.6 is 0 Å². The highest BCUT2D eigenvalue weighted by atomic mass is 19.1. The minimum atomic E-state index is -0.457. The van der Waals surface area contributed by atoms with Crippen LogP contribution in [0.3, 0.4) is 0 Å². The molecule has 150 valence electrons. The molecule has 7 nitrogen and oxygen atoms in total. The molecule has 1 aliphatic heterocycles. The molecular formula is C21H22FN5O2. The van der Waals surface area contributed by atoms with Crippen LogP contribution in [-0.2, 0) is 24.2 Å². The van der Waals surface area contributed by atoms with Crippen molar-refractivity contribution in [2.45, 2.75) is 38.3 Å². The average Bonchev–Trinajstić information content (AvgIpc) is 3.46. The summed E-state index contributed by atoms with van der Waals surface area (Å²) in [6.45, 7) is 1.07. The SMILES string of the molecule is COc1ccc(CC(=O)N2CCc3nn4ccc(NC5CC5)nc4c3C2)cc1F. The van der Waals surface area contributed by atoms with E-state index < -0.39 is 5.82 Å². The van der Waals surface area contributed by atoms with Gasteiger partial charge >= 0.3 is 0 Å². The van der Waals surface area contributed by atoms with Crippen molar-refractivity contribution < 1.29 is 13.9 Å². The average molecular weight is 395 g/mol. The fraction of sp³-hybridized carbons (Fsp3) is 0.381. The molecule has 0 radical (unpaired) electrons. The zero-order valence-corrected chi connectivity index (χ0v) is 16.2. The van der Waals surface area contributed by atoms with Crippen LogP contribution in [0.1, 0.15) is 29.7 Å². The molecule has 1 aliphatic carbocycles. The van der Waals surface area contributed by atoms with Gasteiger partial charge in [0, 0.05) is 30.8 Å². The van der Waals surface area contributed by atoms with Gasteiger partial charge in [-0.15, -0.1) is 0 Å². The second-order valence-corrected chi connectivity index (χ2v) is 7.64. The molecule has 2 aliphatic rings. The molecule has 1 saturated carbocycles. The van der Waals surface area contributed by atoms with Crippen molar-refractivity contribution in [3.63, 3.8) is 0 Å². The molecular weight excluding hydrogens is 373 g/mol. The Hall–Kier alpha value is -3.16. The van der Waals surface area contributed by atoms with Gasteiger partial charge in [-0.25, -0.2) is 13.9 Å². The van der Waals surface area contributed by atoms with Crippen molar-refractivity contribution in [2.24, 2.45) is 0 Å². The van der Waals surface area contributed by atoms with E-state index >= 15 is 0 Å². The number of ether oxygens (including phenoxy) is 1. The van der Waals surface area contributed by atoms with E-state index in [2.05, 4.69) is 10.4 Å². The first-order chi connectivity index (χ1) is 14.1. The number of carbonyl (C=O) groups is 1. The zero-order chi connectivity index (χ0) is 20.0. The topological polar surface area (TPSA) is 71.8 Å². The number of benzene rings is 1. The maximum absolute atomic E-state index is 13.9. The quantitative estimate of drug-likeness (QED) is 0.719. The molecule has 29 heavy (non-hydrogen) atoms. The van der Waals surface area contributed by atoms with E-state index in [1.807, 2.05) is 12.3 Å². The third-order valence-corrected chi connectivity index (χ3v) is 5.48. The Morgan fingerprint density at radius 1 is 1.34 bits per heavy atom. The molecule has 5 rings (SSSR count). The molecule has 0 bridgehead atoms. The van der Waals surface area contributed by atoms with Gasteiger partial charge in [-0.2, -0.15) is 5.10 Å². The van der Waals surface area contributed by atoms with Crippen LogP contribution in [-0.4, -0.2) is 45.1 Å². The first-order valence-electron chi connectivity index (χ1n) is 9.84. The Kier molecular flexibility index (Phi) is 4.34. The molecule has 2 aromatic heterocycles. The van der Waals surface area contributed by atoms with Gasteiger partial charge in [0.1, 0.15) is 5.82 Å². The van der Waals surface area contributed by atoms with E-state index in [4.69, 9.17) is 9.72 Å². The maximum atomic E-state index is 13.9. The maximum Gasteiger partial charge on any atom is 0.227 e. The second kappa shape index (κ2) is 7.02. The summed E-state index contributed by atoms with van der Waals surface area (Å²) in [5.41, 5.74) is 3.40. The lowest BCUT2D eigenvalue weighted by molar-refractivity contribution is -0.131. The molecule has 0 saturated heterocycles. The summed E-state index contributed by atoms with van der Waals surface area (Å²) in [5, 5.41) is 8.03. The van der Waals surface area contributed by atoms with E-state index in [9.17, 15) is 9.18 Å². The van der Waals surface area contributed by atoms with Crippen molar-refractivity contribution in [3.05, 3.63) is 53.1 Å². The van der Waals surface area contributed by atoms with Crippen molar-refractivity contribution in [1.82, 2.24) is 19.5 Å². The van der Waals surface area contributed by atoms with Crippen LogP contribution in [0.15, 0.2) is 30.5 Å². The van der Waals surface area contributed by atoms with Gasteiger partial charge in [-0.05, 0) is 36.6 Å². The number of hydrogen-bond donors (Lipinski definition) is 1. The summed E-state index contributed by atoms with van der Waals surface area (Å²) in [4.78, 5) is 19.4. The summed E-state index contributed by atoms with van der Waals surface area (Å²) in [5.74, 6) is 0.532. The predicted octanol–water partition coefficient (Wildman–Crippen LogP) is 2.58. The van der Waals surface area contributed by atoms with Gasteiger partial charge in [-0.1, -0.05) is 6.07 Å². The summed E-state index contributed by atoms with van der Waals surface area (Å²) >= 11 is 0. The normalized spacial score (nSPS) is 16.0. The number of amides is 1. The van der Waals surface area contributed by atoms with E-state index in [1.165, 1.54) is 26.0 Å². The molecule has 1 amide bonds. The van der Waals surface area contributed by atoms with E-state index in [1.54, 1.807) is 21.5 Å². The Morgan fingerprint density at radius 3 is 2.97 bits per heavy atom. The van der Waals surface area contributed by atoms with E-state index in [0.717, 1.165) is 22.7 Å². The van der Waals surface area contributed by atoms with Crippen LogP contribution in [0.5, 0.6) is 5.75 Å². The minimum absolute atomic E-state index is 0.0353. The molecule has 0 atom stereocenters. The van der Waals surface area contributed by atoms with Gasteiger partial charge in [0.2, 0.25) is 5.91 Å². The number of halogens is 1. The molecule has 1 N–H and O–H groups in total. The monoisotopic (exact) mass is 395 g/mol. The third-order valence-electron chi connectivity index (χ3n) is 5.48. The second-order valence-electron chi connectivity index (χ2n) is 7.64. The van der Waals surface area contributed by atoms with Crippen LogP contribution in [0, 0.1) is 5.82 Å². The lowest BCUT2D eigenvalue weighted by atomic mass is 10.1. The molecule has 3 heterocycles. The molecule has 0 unspecified atom stereocenters. The smallest absolute Gasteiger partial charge is 0.227 e. The number of carbonyl (C=O) groups excluding carboxylic acids is 1. The van der Waals surface area contributed by atoms with Crippen molar-refractivity contribution in [1.29, 1.82) is 0 Å². The third kappa shape index (κ3) is 3.50. The van der Waals surface area contributed by atoms with Crippen LogP contribution in [0.2, 0.25) is 0 Å². The molecule has 1 aromatic carbocycles. The summed E-state index contributed by atoms with van der Waals surface area (Å²) in [6.07, 6.45) is 5.11. The predicted molar refractivity (Wildman–Crippen MR) is 105 cm³/mol. The first-order valence-corrected chi connectivity index (χ1v) is 9.84. The van der Waals surface area contributed by atoms with E-state index in [0.29, 0.717) is 31.1 Å². The number of hydrogen-bond acceptors (Lipinski definition) is 5. The number of rotatable bonds is 5. The Labute approximate surface area is 167 Å². The van der Waals surface area contributed by atoms with Crippen molar-refractivity contribution >= 4 is 17.4 Å². The summed E-state index contributed by atoms with van der Waals surface area (Å²) < 4.78 is 20.7. The fourth-order valence-electron chi connectivity index (χ4n) is 3.73. The zero-order valence-electron chi connectivity index (χ0n) is 16.2. The van der Waals surface area contributed by atoms with Gasteiger partial charge < -0.3 is 15.0 Å². The van der Waals surface area contributed by atoms with Gasteiger partial charge in [-0.3, -0.25) is 4.79 Å². The van der Waals surface area contributed by atoms with E-state index in [-0.39, 0.29) is 18.1 Å². The number of aromatic nitrogens is 3. The van der Waals surface area contributed by atoms with Crippen molar-refractivity contribution in [3.8, 4) is 5.75 Å². The van der Waals surface area contributed by atoms with Gasteiger partial charge in [0.05, 0.1) is 25.8 Å². The number of nitrogens with one attached hydrogen (secondary N) is 1. The fourth-order valence-corrected chi connectivity index (χ4v) is 3.73. The summed E-state index contributed by atoms with van der Waals surface area (Å²) in [7, 11) is 1.42. The number of methoxy groups -OCH3 is 1. The van der Waals surface area contributed by atoms with Gasteiger partial charge in [0.15, 0.2) is 17.2 Å². The lowest BCUT2D eigenvalue weighted by Gasteiger charge is -2.26. The van der Waals surface area contributed by atoms with Crippen LogP contribution in [0.4, 0.5) is 10.2 Å². The molecule has 3 aromatic rings. The van der Waals surface area contributed by atoms with Crippen LogP contribution in [0.25, 0.3) is 5.65 Å². The van der Waals surface area contributed by atoms with Crippen LogP contribution < -0.4 is 10.1 Å².